The summed E-state index contributed by atoms with van der Waals surface area (Å²) >= 11 is 0. The molecule has 2 rings (SSSR count). The quantitative estimate of drug-likeness (QED) is 0.877. The summed E-state index contributed by atoms with van der Waals surface area (Å²) in [6, 6.07) is 11.8. The minimum atomic E-state index is -0.368. The first-order valence-electron chi connectivity index (χ1n) is 6.70. The van der Waals surface area contributed by atoms with E-state index in [9.17, 15) is 4.79 Å². The van der Waals surface area contributed by atoms with Crippen molar-refractivity contribution >= 4 is 16.7 Å². The van der Waals surface area contributed by atoms with Gasteiger partial charge in [-0.2, -0.15) is 0 Å². The molecule has 0 aromatic heterocycles. The lowest BCUT2D eigenvalue weighted by Gasteiger charge is -2.18. The van der Waals surface area contributed by atoms with Crippen molar-refractivity contribution in [3.05, 3.63) is 42.0 Å². The first-order chi connectivity index (χ1) is 9.50. The van der Waals surface area contributed by atoms with Crippen molar-refractivity contribution in [3.8, 4) is 5.75 Å². The minimum Gasteiger partial charge on any atom is -0.492 e. The van der Waals surface area contributed by atoms with E-state index >= 15 is 0 Å². The molecule has 1 amide bonds. The maximum Gasteiger partial charge on any atom is 0.223 e. The zero-order valence-electron chi connectivity index (χ0n) is 11.8. The normalized spacial score (nSPS) is 13.9. The van der Waals surface area contributed by atoms with E-state index in [-0.39, 0.29) is 24.5 Å². The Hall–Kier alpha value is -2.07. The van der Waals surface area contributed by atoms with Crippen LogP contribution >= 0.6 is 0 Å². The van der Waals surface area contributed by atoms with Gasteiger partial charge in [-0.25, -0.2) is 0 Å². The van der Waals surface area contributed by atoms with E-state index in [1.807, 2.05) is 43.3 Å². The highest BCUT2D eigenvalue weighted by Gasteiger charge is 2.15. The van der Waals surface area contributed by atoms with Gasteiger partial charge in [0, 0.05) is 17.0 Å². The Morgan fingerprint density at radius 1 is 1.20 bits per heavy atom. The molecule has 0 saturated heterocycles. The van der Waals surface area contributed by atoms with E-state index in [1.165, 1.54) is 0 Å². The van der Waals surface area contributed by atoms with Crippen LogP contribution in [0.25, 0.3) is 10.8 Å². The largest absolute Gasteiger partial charge is 0.492 e. The van der Waals surface area contributed by atoms with Gasteiger partial charge < -0.3 is 16.2 Å². The van der Waals surface area contributed by atoms with E-state index in [2.05, 4.69) is 0 Å². The zero-order chi connectivity index (χ0) is 14.7. The number of hydrogen-bond donors (Lipinski definition) is 2. The Morgan fingerprint density at radius 3 is 2.55 bits per heavy atom. The molecule has 2 aromatic rings. The first kappa shape index (κ1) is 14.3. The maximum atomic E-state index is 11.1. The lowest BCUT2D eigenvalue weighted by molar-refractivity contribution is -0.122. The third kappa shape index (κ3) is 2.91. The number of carbonyl (C=O) groups excluding carboxylic acids is 1. The SMILES string of the molecule is CC(COc1c([C@@H](C)N)ccc2ccccc12)C(N)=O. The molecule has 0 saturated carbocycles. The van der Waals surface area contributed by atoms with E-state index in [4.69, 9.17) is 16.2 Å². The summed E-state index contributed by atoms with van der Waals surface area (Å²) < 4.78 is 5.85. The highest BCUT2D eigenvalue weighted by atomic mass is 16.5. The van der Waals surface area contributed by atoms with Gasteiger partial charge in [0.15, 0.2) is 0 Å². The molecule has 0 heterocycles. The van der Waals surface area contributed by atoms with Crippen LogP contribution in [-0.2, 0) is 4.79 Å². The van der Waals surface area contributed by atoms with Gasteiger partial charge in [0.05, 0.1) is 12.5 Å². The number of rotatable bonds is 5. The minimum absolute atomic E-state index is 0.140. The number of fused-ring (bicyclic) bond motifs is 1. The molecule has 4 N–H and O–H groups in total. The fraction of sp³-hybridized carbons (Fsp3) is 0.312. The number of carbonyl (C=O) groups is 1. The van der Waals surface area contributed by atoms with Crippen LogP contribution in [0.3, 0.4) is 0 Å². The summed E-state index contributed by atoms with van der Waals surface area (Å²) in [5, 5.41) is 2.08. The molecule has 20 heavy (non-hydrogen) atoms. The van der Waals surface area contributed by atoms with Crippen molar-refractivity contribution in [2.45, 2.75) is 19.9 Å². The molecule has 0 aliphatic rings. The van der Waals surface area contributed by atoms with Crippen molar-refractivity contribution in [2.24, 2.45) is 17.4 Å². The molecule has 106 valence electrons. The Kier molecular flexibility index (Phi) is 4.25. The van der Waals surface area contributed by atoms with Gasteiger partial charge in [-0.1, -0.05) is 43.3 Å². The van der Waals surface area contributed by atoms with Crippen molar-refractivity contribution in [1.29, 1.82) is 0 Å². The van der Waals surface area contributed by atoms with Crippen LogP contribution < -0.4 is 16.2 Å². The molecule has 4 heteroatoms. The highest BCUT2D eigenvalue weighted by molar-refractivity contribution is 5.89. The Bertz CT molecular complexity index is 623. The van der Waals surface area contributed by atoms with E-state index < -0.39 is 0 Å². The molecule has 2 aromatic carbocycles. The molecule has 0 aliphatic carbocycles. The van der Waals surface area contributed by atoms with Crippen LogP contribution in [0.1, 0.15) is 25.5 Å². The summed E-state index contributed by atoms with van der Waals surface area (Å²) in [7, 11) is 0. The number of ether oxygens (including phenoxy) is 1. The van der Waals surface area contributed by atoms with E-state index in [0.29, 0.717) is 0 Å². The molecule has 2 atom stereocenters. The summed E-state index contributed by atoms with van der Waals surface area (Å²) in [6.45, 7) is 3.91. The topological polar surface area (TPSA) is 78.3 Å². The average molecular weight is 272 g/mol. The number of amides is 1. The third-order valence-corrected chi connectivity index (χ3v) is 3.36. The number of primary amides is 1. The van der Waals surface area contributed by atoms with Crippen LogP contribution in [0.15, 0.2) is 36.4 Å². The van der Waals surface area contributed by atoms with Crippen molar-refractivity contribution in [2.75, 3.05) is 6.61 Å². The van der Waals surface area contributed by atoms with Crippen molar-refractivity contribution < 1.29 is 9.53 Å². The monoisotopic (exact) mass is 272 g/mol. The van der Waals surface area contributed by atoms with Crippen LogP contribution in [0, 0.1) is 5.92 Å². The number of nitrogens with two attached hydrogens (primary N) is 2. The standard InChI is InChI=1S/C16H20N2O2/c1-10(16(18)19)9-20-15-13(11(2)17)8-7-12-5-3-4-6-14(12)15/h3-8,10-11H,9,17H2,1-2H3,(H2,18,19)/t10?,11-/m1/s1. The van der Waals surface area contributed by atoms with Gasteiger partial charge >= 0.3 is 0 Å². The predicted molar refractivity (Wildman–Crippen MR) is 80.4 cm³/mol. The Balaban J connectivity index is 2.42. The average Bonchev–Trinajstić information content (AvgIpc) is 2.43. The Labute approximate surface area is 118 Å². The van der Waals surface area contributed by atoms with Crippen LogP contribution in [0.4, 0.5) is 0 Å². The zero-order valence-corrected chi connectivity index (χ0v) is 11.8. The predicted octanol–water partition coefficient (Wildman–Crippen LogP) is 2.36. The number of benzene rings is 2. The van der Waals surface area contributed by atoms with Crippen LogP contribution in [0.5, 0.6) is 5.75 Å². The summed E-state index contributed by atoms with van der Waals surface area (Å²) in [5.74, 6) is 0.0358. The molecule has 0 bridgehead atoms. The highest BCUT2D eigenvalue weighted by Crippen LogP contribution is 2.33. The lowest BCUT2D eigenvalue weighted by atomic mass is 10.0. The van der Waals surface area contributed by atoms with Gasteiger partial charge in [0.2, 0.25) is 5.91 Å². The fourth-order valence-corrected chi connectivity index (χ4v) is 2.07. The lowest BCUT2D eigenvalue weighted by Crippen LogP contribution is -2.26. The smallest absolute Gasteiger partial charge is 0.223 e. The van der Waals surface area contributed by atoms with Gasteiger partial charge in [0.25, 0.3) is 0 Å². The van der Waals surface area contributed by atoms with Crippen molar-refractivity contribution in [1.82, 2.24) is 0 Å². The van der Waals surface area contributed by atoms with Crippen molar-refractivity contribution in [3.63, 3.8) is 0 Å². The number of hydrogen-bond acceptors (Lipinski definition) is 3. The van der Waals surface area contributed by atoms with Gasteiger partial charge in [-0.05, 0) is 12.3 Å². The van der Waals surface area contributed by atoms with E-state index in [1.54, 1.807) is 6.92 Å². The molecule has 1 unspecified atom stereocenters. The second-order valence-electron chi connectivity index (χ2n) is 5.11. The summed E-state index contributed by atoms with van der Waals surface area (Å²) in [4.78, 5) is 11.1. The van der Waals surface area contributed by atoms with Gasteiger partial charge in [0.1, 0.15) is 5.75 Å². The summed E-state index contributed by atoms with van der Waals surface area (Å²) in [5.41, 5.74) is 12.2. The van der Waals surface area contributed by atoms with Gasteiger partial charge in [-0.3, -0.25) is 4.79 Å². The first-order valence-corrected chi connectivity index (χ1v) is 6.70. The van der Waals surface area contributed by atoms with Crippen LogP contribution in [-0.4, -0.2) is 12.5 Å². The van der Waals surface area contributed by atoms with E-state index in [0.717, 1.165) is 22.1 Å². The molecule has 0 radical (unpaired) electrons. The third-order valence-electron chi connectivity index (χ3n) is 3.36. The molecule has 0 fully saturated rings. The second kappa shape index (κ2) is 5.92. The Morgan fingerprint density at radius 2 is 1.90 bits per heavy atom. The molecular weight excluding hydrogens is 252 g/mol. The fourth-order valence-electron chi connectivity index (χ4n) is 2.07. The van der Waals surface area contributed by atoms with Gasteiger partial charge in [-0.15, -0.1) is 0 Å². The van der Waals surface area contributed by atoms with Crippen LogP contribution in [0.2, 0.25) is 0 Å². The summed E-state index contributed by atoms with van der Waals surface area (Å²) in [6.07, 6.45) is 0. The molecule has 4 nitrogen and oxygen atoms in total. The molecule has 0 aliphatic heterocycles. The second-order valence-corrected chi connectivity index (χ2v) is 5.11. The molecular formula is C16H20N2O2. The maximum absolute atomic E-state index is 11.1. The molecule has 0 spiro atoms.